The summed E-state index contributed by atoms with van der Waals surface area (Å²) in [5, 5.41) is 13.4. The highest BCUT2D eigenvalue weighted by Crippen LogP contribution is 2.29. The number of hydrogen-bond acceptors (Lipinski definition) is 5. The van der Waals surface area contributed by atoms with Crippen molar-refractivity contribution in [2.45, 2.75) is 38.0 Å². The second-order valence-corrected chi connectivity index (χ2v) is 6.97. The van der Waals surface area contributed by atoms with Gasteiger partial charge in [-0.2, -0.15) is 0 Å². The Hall–Kier alpha value is -2.44. The highest BCUT2D eigenvalue weighted by Gasteiger charge is 2.29. The van der Waals surface area contributed by atoms with E-state index in [0.717, 1.165) is 37.2 Å². The van der Waals surface area contributed by atoms with E-state index in [9.17, 15) is 9.90 Å². The maximum Gasteiger partial charge on any atom is 0.224 e. The number of aryl methyl sites for hydroxylation is 1. The molecule has 2 atom stereocenters. The summed E-state index contributed by atoms with van der Waals surface area (Å²) in [4.78, 5) is 17.8. The Kier molecular flexibility index (Phi) is 4.86. The summed E-state index contributed by atoms with van der Waals surface area (Å²) in [5.74, 6) is 0.733. The zero-order chi connectivity index (χ0) is 17.9. The molecule has 0 unspecified atom stereocenters. The van der Waals surface area contributed by atoms with Crippen LogP contribution < -0.4 is 10.1 Å². The van der Waals surface area contributed by atoms with Gasteiger partial charge in [0, 0.05) is 50.2 Å². The predicted octanol–water partition coefficient (Wildman–Crippen LogP) is 1.98. The van der Waals surface area contributed by atoms with Crippen LogP contribution in [-0.2, 0) is 17.8 Å². The molecule has 0 bridgehead atoms. The van der Waals surface area contributed by atoms with Crippen molar-refractivity contribution in [2.75, 3.05) is 18.4 Å². The summed E-state index contributed by atoms with van der Waals surface area (Å²) in [6.07, 6.45) is 4.85. The number of aliphatic hydroxyl groups is 1. The number of β-amino-alcohol motifs (C(OH)–C–C–N with tert-alkyl or cyclic N) is 1. The maximum absolute atomic E-state index is 11.6. The van der Waals surface area contributed by atoms with Gasteiger partial charge in [0.05, 0.1) is 0 Å². The molecule has 6 nitrogen and oxygen atoms in total. The molecule has 0 aliphatic carbocycles. The Labute approximate surface area is 152 Å². The van der Waals surface area contributed by atoms with Gasteiger partial charge < -0.3 is 15.2 Å². The van der Waals surface area contributed by atoms with Crippen LogP contribution in [0.5, 0.6) is 5.75 Å². The number of anilines is 1. The SMILES string of the molecule is O=C1CCc2ccc(O[C@@H]3CCN(Cc4ccncc4)C[C@H]3O)cc2N1. The van der Waals surface area contributed by atoms with E-state index < -0.39 is 6.10 Å². The second kappa shape index (κ2) is 7.43. The van der Waals surface area contributed by atoms with Crippen LogP contribution in [0.3, 0.4) is 0 Å². The number of carbonyl (C=O) groups is 1. The summed E-state index contributed by atoms with van der Waals surface area (Å²) < 4.78 is 6.03. The normalized spacial score (nSPS) is 23.2. The summed E-state index contributed by atoms with van der Waals surface area (Å²) in [7, 11) is 0. The fourth-order valence-corrected chi connectivity index (χ4v) is 3.60. The first kappa shape index (κ1) is 17.0. The lowest BCUT2D eigenvalue weighted by atomic mass is 10.0. The van der Waals surface area contributed by atoms with Gasteiger partial charge in [0.15, 0.2) is 0 Å². The smallest absolute Gasteiger partial charge is 0.224 e. The van der Waals surface area contributed by atoms with Gasteiger partial charge in [-0.1, -0.05) is 6.07 Å². The van der Waals surface area contributed by atoms with Crippen LogP contribution in [0, 0.1) is 0 Å². The number of piperidine rings is 1. The molecule has 1 aromatic carbocycles. The van der Waals surface area contributed by atoms with Gasteiger partial charge >= 0.3 is 0 Å². The topological polar surface area (TPSA) is 74.7 Å². The van der Waals surface area contributed by atoms with E-state index in [4.69, 9.17) is 4.74 Å². The summed E-state index contributed by atoms with van der Waals surface area (Å²) >= 11 is 0. The first-order valence-electron chi connectivity index (χ1n) is 9.06. The van der Waals surface area contributed by atoms with Gasteiger partial charge in [-0.25, -0.2) is 0 Å². The molecule has 6 heteroatoms. The molecule has 3 heterocycles. The number of nitrogens with zero attached hydrogens (tertiary/aromatic N) is 2. The molecular weight excluding hydrogens is 330 g/mol. The lowest BCUT2D eigenvalue weighted by Crippen LogP contribution is -2.48. The molecule has 1 amide bonds. The average Bonchev–Trinajstić information content (AvgIpc) is 2.64. The van der Waals surface area contributed by atoms with Crippen LogP contribution in [0.4, 0.5) is 5.69 Å². The van der Waals surface area contributed by atoms with Crippen LogP contribution >= 0.6 is 0 Å². The van der Waals surface area contributed by atoms with Gasteiger partial charge in [0.2, 0.25) is 5.91 Å². The summed E-state index contributed by atoms with van der Waals surface area (Å²) in [6.45, 7) is 2.25. The molecule has 26 heavy (non-hydrogen) atoms. The molecule has 0 spiro atoms. The standard InChI is InChI=1S/C20H23N3O3/c24-18-13-23(12-14-5-8-21-9-6-14)10-7-19(18)26-16-3-1-15-2-4-20(25)22-17(15)11-16/h1,3,5-6,8-9,11,18-19,24H,2,4,7,10,12-13H2,(H,22,25)/t18-,19-/m1/s1. The zero-order valence-corrected chi connectivity index (χ0v) is 14.6. The van der Waals surface area contributed by atoms with Crippen molar-refractivity contribution in [2.24, 2.45) is 0 Å². The number of amides is 1. The molecule has 0 saturated carbocycles. The van der Waals surface area contributed by atoms with E-state index in [-0.39, 0.29) is 12.0 Å². The van der Waals surface area contributed by atoms with Crippen molar-refractivity contribution in [1.29, 1.82) is 0 Å². The fourth-order valence-electron chi connectivity index (χ4n) is 3.60. The van der Waals surface area contributed by atoms with Crippen LogP contribution in [0.2, 0.25) is 0 Å². The minimum atomic E-state index is -0.545. The van der Waals surface area contributed by atoms with Crippen molar-refractivity contribution in [3.8, 4) is 5.75 Å². The molecule has 136 valence electrons. The number of rotatable bonds is 4. The molecular formula is C20H23N3O3. The number of carbonyl (C=O) groups excluding carboxylic acids is 1. The number of fused-ring (bicyclic) bond motifs is 1. The third kappa shape index (κ3) is 3.86. The number of pyridine rings is 1. The number of benzene rings is 1. The highest BCUT2D eigenvalue weighted by atomic mass is 16.5. The van der Waals surface area contributed by atoms with E-state index in [1.54, 1.807) is 12.4 Å². The Morgan fingerprint density at radius 1 is 1.23 bits per heavy atom. The molecule has 2 aromatic rings. The molecule has 0 radical (unpaired) electrons. The molecule has 2 aliphatic heterocycles. The second-order valence-electron chi connectivity index (χ2n) is 6.97. The van der Waals surface area contributed by atoms with E-state index >= 15 is 0 Å². The highest BCUT2D eigenvalue weighted by molar-refractivity contribution is 5.94. The maximum atomic E-state index is 11.6. The van der Waals surface area contributed by atoms with Crippen molar-refractivity contribution >= 4 is 11.6 Å². The first-order valence-corrected chi connectivity index (χ1v) is 9.06. The molecule has 1 saturated heterocycles. The Balaban J connectivity index is 1.36. The fraction of sp³-hybridized carbons (Fsp3) is 0.400. The zero-order valence-electron chi connectivity index (χ0n) is 14.6. The summed E-state index contributed by atoms with van der Waals surface area (Å²) in [6, 6.07) is 9.77. The average molecular weight is 353 g/mol. The third-order valence-electron chi connectivity index (χ3n) is 5.02. The van der Waals surface area contributed by atoms with Crippen LogP contribution in [-0.4, -0.2) is 46.2 Å². The van der Waals surface area contributed by atoms with Crippen LogP contribution in [0.25, 0.3) is 0 Å². The number of ether oxygens (including phenoxy) is 1. The largest absolute Gasteiger partial charge is 0.488 e. The van der Waals surface area contributed by atoms with Crippen molar-refractivity contribution in [3.05, 3.63) is 53.9 Å². The number of likely N-dealkylation sites (tertiary alicyclic amines) is 1. The van der Waals surface area contributed by atoms with E-state index in [1.807, 2.05) is 30.3 Å². The van der Waals surface area contributed by atoms with Gasteiger partial charge in [-0.15, -0.1) is 0 Å². The molecule has 1 aromatic heterocycles. The minimum Gasteiger partial charge on any atom is -0.488 e. The summed E-state index contributed by atoms with van der Waals surface area (Å²) in [5.41, 5.74) is 3.14. The van der Waals surface area contributed by atoms with E-state index in [2.05, 4.69) is 15.2 Å². The Morgan fingerprint density at radius 3 is 2.88 bits per heavy atom. The van der Waals surface area contributed by atoms with Crippen molar-refractivity contribution in [1.82, 2.24) is 9.88 Å². The van der Waals surface area contributed by atoms with Crippen molar-refractivity contribution in [3.63, 3.8) is 0 Å². The Bertz CT molecular complexity index is 781. The quantitative estimate of drug-likeness (QED) is 0.879. The molecule has 4 rings (SSSR count). The van der Waals surface area contributed by atoms with Crippen molar-refractivity contribution < 1.29 is 14.6 Å². The van der Waals surface area contributed by atoms with Gasteiger partial charge in [0.25, 0.3) is 0 Å². The first-order chi connectivity index (χ1) is 12.7. The van der Waals surface area contributed by atoms with Gasteiger partial charge in [0.1, 0.15) is 18.0 Å². The molecule has 2 aliphatic rings. The third-order valence-corrected chi connectivity index (χ3v) is 5.02. The van der Waals surface area contributed by atoms with Gasteiger partial charge in [-0.05, 0) is 42.2 Å². The minimum absolute atomic E-state index is 0.0408. The number of hydrogen-bond donors (Lipinski definition) is 2. The molecule has 1 fully saturated rings. The predicted molar refractivity (Wildman–Crippen MR) is 97.9 cm³/mol. The molecule has 2 N–H and O–H groups in total. The van der Waals surface area contributed by atoms with Crippen LogP contribution in [0.15, 0.2) is 42.7 Å². The van der Waals surface area contributed by atoms with E-state index in [1.165, 1.54) is 5.56 Å². The van der Waals surface area contributed by atoms with E-state index in [0.29, 0.717) is 18.7 Å². The number of aliphatic hydroxyl groups excluding tert-OH is 1. The van der Waals surface area contributed by atoms with Crippen LogP contribution in [0.1, 0.15) is 24.0 Å². The number of aromatic nitrogens is 1. The lowest BCUT2D eigenvalue weighted by Gasteiger charge is -2.36. The Morgan fingerprint density at radius 2 is 2.08 bits per heavy atom. The number of nitrogens with one attached hydrogen (secondary N) is 1. The lowest BCUT2D eigenvalue weighted by molar-refractivity contribution is -0.116. The monoisotopic (exact) mass is 353 g/mol. The van der Waals surface area contributed by atoms with Gasteiger partial charge in [-0.3, -0.25) is 14.7 Å².